The third-order valence-corrected chi connectivity index (χ3v) is 3.29. The molecule has 1 N–H and O–H groups in total. The monoisotopic (exact) mass is 235 g/mol. The zero-order valence-corrected chi connectivity index (χ0v) is 11.5. The summed E-state index contributed by atoms with van der Waals surface area (Å²) in [5, 5.41) is 3.56. The molecule has 2 nitrogen and oxygen atoms in total. The van der Waals surface area contributed by atoms with Gasteiger partial charge in [-0.2, -0.15) is 0 Å². The van der Waals surface area contributed by atoms with Crippen LogP contribution in [-0.4, -0.2) is 13.2 Å². The highest BCUT2D eigenvalue weighted by atomic mass is 16.5. The molecule has 2 heteroatoms. The van der Waals surface area contributed by atoms with Crippen molar-refractivity contribution in [3.8, 4) is 5.75 Å². The number of para-hydroxylation sites is 1. The lowest BCUT2D eigenvalue weighted by atomic mass is 10.0. The summed E-state index contributed by atoms with van der Waals surface area (Å²) in [5.41, 5.74) is 1.23. The molecule has 2 atom stereocenters. The first-order valence-corrected chi connectivity index (χ1v) is 6.52. The van der Waals surface area contributed by atoms with Gasteiger partial charge in [-0.05, 0) is 25.3 Å². The molecule has 0 bridgehead atoms. The van der Waals surface area contributed by atoms with Crippen LogP contribution in [0.2, 0.25) is 0 Å². The number of nitrogens with one attached hydrogen (secondary N) is 1. The Hall–Kier alpha value is -1.02. The van der Waals surface area contributed by atoms with Crippen LogP contribution < -0.4 is 10.1 Å². The third kappa shape index (κ3) is 4.78. The van der Waals surface area contributed by atoms with Gasteiger partial charge in [0.05, 0.1) is 7.11 Å². The molecule has 17 heavy (non-hydrogen) atoms. The van der Waals surface area contributed by atoms with Crippen molar-refractivity contribution < 1.29 is 4.74 Å². The molecule has 0 saturated carbocycles. The van der Waals surface area contributed by atoms with Crippen LogP contribution in [0.4, 0.5) is 0 Å². The van der Waals surface area contributed by atoms with E-state index in [4.69, 9.17) is 4.74 Å². The van der Waals surface area contributed by atoms with Gasteiger partial charge in [-0.25, -0.2) is 0 Å². The number of methoxy groups -OCH3 is 1. The fraction of sp³-hybridized carbons (Fsp3) is 0.600. The Morgan fingerprint density at radius 2 is 1.94 bits per heavy atom. The molecule has 2 unspecified atom stereocenters. The minimum atomic E-state index is 0.551. The molecule has 0 fully saturated rings. The van der Waals surface area contributed by atoms with Crippen LogP contribution in [0.25, 0.3) is 0 Å². The maximum Gasteiger partial charge on any atom is 0.123 e. The molecule has 0 amide bonds. The molecule has 0 spiro atoms. The quantitative estimate of drug-likeness (QED) is 0.779. The minimum Gasteiger partial charge on any atom is -0.496 e. The SMILES string of the molecule is CCC(C)CC(C)NCc1ccccc1OC. The Morgan fingerprint density at radius 1 is 1.24 bits per heavy atom. The Bertz CT molecular complexity index is 324. The van der Waals surface area contributed by atoms with Crippen molar-refractivity contribution in [3.63, 3.8) is 0 Å². The predicted octanol–water partition coefficient (Wildman–Crippen LogP) is 3.61. The zero-order valence-electron chi connectivity index (χ0n) is 11.5. The van der Waals surface area contributed by atoms with Gasteiger partial charge < -0.3 is 10.1 Å². The van der Waals surface area contributed by atoms with Gasteiger partial charge in [0.2, 0.25) is 0 Å². The van der Waals surface area contributed by atoms with Crippen LogP contribution in [0.3, 0.4) is 0 Å². The summed E-state index contributed by atoms with van der Waals surface area (Å²) in [6.07, 6.45) is 2.48. The first-order valence-electron chi connectivity index (χ1n) is 6.52. The number of hydrogen-bond donors (Lipinski definition) is 1. The van der Waals surface area contributed by atoms with Crippen molar-refractivity contribution in [1.29, 1.82) is 0 Å². The van der Waals surface area contributed by atoms with Crippen molar-refractivity contribution in [3.05, 3.63) is 29.8 Å². The summed E-state index contributed by atoms with van der Waals surface area (Å²) in [5.74, 6) is 1.76. The van der Waals surface area contributed by atoms with E-state index < -0.39 is 0 Å². The normalized spacial score (nSPS) is 14.4. The molecule has 1 aromatic carbocycles. The van der Waals surface area contributed by atoms with Crippen molar-refractivity contribution in [2.45, 2.75) is 46.2 Å². The first-order chi connectivity index (χ1) is 8.17. The number of benzene rings is 1. The van der Waals surface area contributed by atoms with E-state index in [0.717, 1.165) is 18.2 Å². The lowest BCUT2D eigenvalue weighted by Crippen LogP contribution is -2.27. The fourth-order valence-corrected chi connectivity index (χ4v) is 1.99. The summed E-state index contributed by atoms with van der Waals surface area (Å²) in [6, 6.07) is 8.73. The highest BCUT2D eigenvalue weighted by molar-refractivity contribution is 5.32. The molecule has 0 aliphatic rings. The number of ether oxygens (including phenoxy) is 1. The van der Waals surface area contributed by atoms with Crippen LogP contribution >= 0.6 is 0 Å². The van der Waals surface area contributed by atoms with Crippen LogP contribution in [0.5, 0.6) is 5.75 Å². The van der Waals surface area contributed by atoms with Gasteiger partial charge in [0, 0.05) is 18.2 Å². The topological polar surface area (TPSA) is 21.3 Å². The van der Waals surface area contributed by atoms with E-state index in [2.05, 4.69) is 38.2 Å². The fourth-order valence-electron chi connectivity index (χ4n) is 1.99. The van der Waals surface area contributed by atoms with Crippen molar-refractivity contribution in [1.82, 2.24) is 5.32 Å². The second kappa shape index (κ2) is 7.33. The van der Waals surface area contributed by atoms with Gasteiger partial charge in [0.1, 0.15) is 5.75 Å². The van der Waals surface area contributed by atoms with E-state index in [1.54, 1.807) is 7.11 Å². The molecular formula is C15H25NO. The average molecular weight is 235 g/mol. The molecule has 0 radical (unpaired) electrons. The van der Waals surface area contributed by atoms with Gasteiger partial charge in [0.15, 0.2) is 0 Å². The lowest BCUT2D eigenvalue weighted by molar-refractivity contribution is 0.393. The van der Waals surface area contributed by atoms with Crippen LogP contribution in [0.1, 0.15) is 39.2 Å². The van der Waals surface area contributed by atoms with Crippen molar-refractivity contribution in [2.75, 3.05) is 7.11 Å². The summed E-state index contributed by atoms with van der Waals surface area (Å²) in [6.45, 7) is 7.68. The van der Waals surface area contributed by atoms with E-state index in [0.29, 0.717) is 6.04 Å². The molecule has 96 valence electrons. The third-order valence-electron chi connectivity index (χ3n) is 3.29. The minimum absolute atomic E-state index is 0.551. The van der Waals surface area contributed by atoms with E-state index in [1.807, 2.05) is 12.1 Å². The molecule has 0 heterocycles. The number of hydrogen-bond acceptors (Lipinski definition) is 2. The van der Waals surface area contributed by atoms with Crippen molar-refractivity contribution in [2.24, 2.45) is 5.92 Å². The summed E-state index contributed by atoms with van der Waals surface area (Å²) in [4.78, 5) is 0. The maximum absolute atomic E-state index is 5.34. The number of rotatable bonds is 7. The first kappa shape index (κ1) is 14.0. The Labute approximate surface area is 105 Å². The molecule has 0 aliphatic heterocycles. The van der Waals surface area contributed by atoms with Crippen molar-refractivity contribution >= 4 is 0 Å². The molecular weight excluding hydrogens is 210 g/mol. The van der Waals surface area contributed by atoms with E-state index >= 15 is 0 Å². The van der Waals surface area contributed by atoms with Gasteiger partial charge in [-0.15, -0.1) is 0 Å². The molecule has 1 rings (SSSR count). The molecule has 0 saturated heterocycles. The van der Waals surface area contributed by atoms with Gasteiger partial charge >= 0.3 is 0 Å². The second-order valence-corrected chi connectivity index (χ2v) is 4.84. The second-order valence-electron chi connectivity index (χ2n) is 4.84. The summed E-state index contributed by atoms with van der Waals surface area (Å²) in [7, 11) is 1.72. The van der Waals surface area contributed by atoms with E-state index in [-0.39, 0.29) is 0 Å². The van der Waals surface area contributed by atoms with E-state index in [1.165, 1.54) is 18.4 Å². The van der Waals surface area contributed by atoms with Crippen LogP contribution in [-0.2, 0) is 6.54 Å². The van der Waals surface area contributed by atoms with Gasteiger partial charge in [-0.1, -0.05) is 38.5 Å². The van der Waals surface area contributed by atoms with Gasteiger partial charge in [-0.3, -0.25) is 0 Å². The summed E-state index contributed by atoms with van der Waals surface area (Å²) < 4.78 is 5.34. The average Bonchev–Trinajstić information content (AvgIpc) is 2.36. The standard InChI is InChI=1S/C15H25NO/c1-5-12(2)10-13(3)16-11-14-8-6-7-9-15(14)17-4/h6-9,12-13,16H,5,10-11H2,1-4H3. The largest absolute Gasteiger partial charge is 0.496 e. The smallest absolute Gasteiger partial charge is 0.123 e. The van der Waals surface area contributed by atoms with Gasteiger partial charge in [0.25, 0.3) is 0 Å². The van der Waals surface area contributed by atoms with Crippen LogP contribution in [0.15, 0.2) is 24.3 Å². The Kier molecular flexibility index (Phi) is 6.06. The molecule has 0 aliphatic carbocycles. The highest BCUT2D eigenvalue weighted by Crippen LogP contribution is 2.17. The Balaban J connectivity index is 2.44. The van der Waals surface area contributed by atoms with E-state index in [9.17, 15) is 0 Å². The molecule has 1 aromatic rings. The van der Waals surface area contributed by atoms with Crippen LogP contribution in [0, 0.1) is 5.92 Å². The Morgan fingerprint density at radius 3 is 2.59 bits per heavy atom. The lowest BCUT2D eigenvalue weighted by Gasteiger charge is -2.18. The zero-order chi connectivity index (χ0) is 12.7. The summed E-state index contributed by atoms with van der Waals surface area (Å²) >= 11 is 0. The highest BCUT2D eigenvalue weighted by Gasteiger charge is 2.08. The molecule has 0 aromatic heterocycles. The maximum atomic E-state index is 5.34. The predicted molar refractivity (Wildman–Crippen MR) is 73.4 cm³/mol.